The third kappa shape index (κ3) is 4.56. The Balaban J connectivity index is 1.43. The number of hydrogen-bond acceptors (Lipinski definition) is 4. The van der Waals surface area contributed by atoms with Crippen molar-refractivity contribution in [2.75, 3.05) is 18.7 Å². The minimum atomic E-state index is -0.206. The summed E-state index contributed by atoms with van der Waals surface area (Å²) in [6.07, 6.45) is 0. The van der Waals surface area contributed by atoms with Crippen molar-refractivity contribution in [2.24, 2.45) is 0 Å². The minimum Gasteiger partial charge on any atom is -0.454 e. The van der Waals surface area contributed by atoms with Crippen molar-refractivity contribution in [3.8, 4) is 11.5 Å². The van der Waals surface area contributed by atoms with Crippen molar-refractivity contribution < 1.29 is 14.3 Å². The first-order valence-corrected chi connectivity index (χ1v) is 8.77. The number of ether oxygens (including phenoxy) is 2. The zero-order valence-electron chi connectivity index (χ0n) is 14.1. The van der Waals surface area contributed by atoms with Crippen LogP contribution in [0.4, 0.5) is 5.69 Å². The molecule has 6 nitrogen and oxygen atoms in total. The van der Waals surface area contributed by atoms with Gasteiger partial charge in [0.25, 0.3) is 0 Å². The maximum absolute atomic E-state index is 12.0. The molecule has 1 heterocycles. The largest absolute Gasteiger partial charge is 0.454 e. The van der Waals surface area contributed by atoms with Gasteiger partial charge in [-0.25, -0.2) is 0 Å². The molecule has 8 heteroatoms. The maximum Gasteiger partial charge on any atom is 0.243 e. The van der Waals surface area contributed by atoms with E-state index < -0.39 is 0 Å². The number of carbonyl (C=O) groups excluding carboxylic acids is 1. The van der Waals surface area contributed by atoms with E-state index in [-0.39, 0.29) is 19.2 Å². The van der Waals surface area contributed by atoms with Crippen LogP contribution in [0.3, 0.4) is 0 Å². The molecule has 0 aliphatic carbocycles. The van der Waals surface area contributed by atoms with Crippen molar-refractivity contribution in [1.82, 2.24) is 10.6 Å². The van der Waals surface area contributed by atoms with Crippen LogP contribution in [0.15, 0.2) is 36.4 Å². The first-order valence-electron chi connectivity index (χ1n) is 7.98. The number of nitrogens with one attached hydrogen (secondary N) is 3. The topological polar surface area (TPSA) is 71.6 Å². The summed E-state index contributed by atoms with van der Waals surface area (Å²) in [5, 5.41) is 9.73. The van der Waals surface area contributed by atoms with Crippen LogP contribution in [0, 0.1) is 6.92 Å². The van der Waals surface area contributed by atoms with Crippen LogP contribution in [0.1, 0.15) is 11.1 Å². The predicted molar refractivity (Wildman–Crippen MR) is 105 cm³/mol. The molecular weight excluding hydrogens is 374 g/mol. The van der Waals surface area contributed by atoms with E-state index in [0.717, 1.165) is 22.6 Å². The summed E-state index contributed by atoms with van der Waals surface area (Å²) in [4.78, 5) is 12.0. The monoisotopic (exact) mass is 391 g/mol. The molecule has 2 aromatic rings. The fourth-order valence-electron chi connectivity index (χ4n) is 2.39. The highest BCUT2D eigenvalue weighted by molar-refractivity contribution is 7.80. The fourth-order valence-corrected chi connectivity index (χ4v) is 2.71. The molecule has 0 saturated heterocycles. The number of benzene rings is 2. The SMILES string of the molecule is Cc1c(Cl)cccc1NC(=O)CNC(=S)NCc1ccc2c(c1)OCO2. The van der Waals surface area contributed by atoms with Gasteiger partial charge in [0.05, 0.1) is 6.54 Å². The Morgan fingerprint density at radius 2 is 2.00 bits per heavy atom. The van der Waals surface area contributed by atoms with E-state index in [1.165, 1.54) is 0 Å². The normalized spacial score (nSPS) is 11.8. The van der Waals surface area contributed by atoms with Gasteiger partial charge in [-0.05, 0) is 54.5 Å². The number of amides is 1. The van der Waals surface area contributed by atoms with E-state index in [1.54, 1.807) is 18.2 Å². The first kappa shape index (κ1) is 18.3. The van der Waals surface area contributed by atoms with Gasteiger partial charge < -0.3 is 25.4 Å². The molecule has 3 N–H and O–H groups in total. The highest BCUT2D eigenvalue weighted by Gasteiger charge is 2.13. The lowest BCUT2D eigenvalue weighted by atomic mass is 10.2. The highest BCUT2D eigenvalue weighted by atomic mass is 35.5. The van der Waals surface area contributed by atoms with Gasteiger partial charge in [-0.15, -0.1) is 0 Å². The Bertz CT molecular complexity index is 844. The Morgan fingerprint density at radius 1 is 1.19 bits per heavy atom. The van der Waals surface area contributed by atoms with Crippen molar-refractivity contribution in [3.05, 3.63) is 52.5 Å². The van der Waals surface area contributed by atoms with Crippen molar-refractivity contribution in [3.63, 3.8) is 0 Å². The second-order valence-corrected chi connectivity index (χ2v) is 6.50. The number of thiocarbonyl (C=S) groups is 1. The van der Waals surface area contributed by atoms with Crippen LogP contribution in [-0.2, 0) is 11.3 Å². The molecular formula is C18H18ClN3O3S. The van der Waals surface area contributed by atoms with Gasteiger partial charge in [-0.1, -0.05) is 23.7 Å². The van der Waals surface area contributed by atoms with E-state index >= 15 is 0 Å². The third-order valence-electron chi connectivity index (χ3n) is 3.84. The van der Waals surface area contributed by atoms with Crippen LogP contribution in [-0.4, -0.2) is 24.4 Å². The van der Waals surface area contributed by atoms with Gasteiger partial charge in [0.2, 0.25) is 12.7 Å². The Hall–Kier alpha value is -2.51. The minimum absolute atomic E-state index is 0.0545. The molecule has 0 spiro atoms. The summed E-state index contributed by atoms with van der Waals surface area (Å²) in [5.41, 5.74) is 2.51. The molecule has 0 saturated carbocycles. The van der Waals surface area contributed by atoms with Crippen molar-refractivity contribution in [2.45, 2.75) is 13.5 Å². The third-order valence-corrected chi connectivity index (χ3v) is 4.54. The summed E-state index contributed by atoms with van der Waals surface area (Å²) < 4.78 is 10.6. The molecule has 3 rings (SSSR count). The first-order chi connectivity index (χ1) is 12.5. The van der Waals surface area contributed by atoms with E-state index in [9.17, 15) is 4.79 Å². The maximum atomic E-state index is 12.0. The number of hydrogen-bond donors (Lipinski definition) is 3. The smallest absolute Gasteiger partial charge is 0.243 e. The molecule has 26 heavy (non-hydrogen) atoms. The van der Waals surface area contributed by atoms with Gasteiger partial charge in [0, 0.05) is 17.3 Å². The summed E-state index contributed by atoms with van der Waals surface area (Å²) in [6.45, 7) is 2.66. The predicted octanol–water partition coefficient (Wildman–Crippen LogP) is 2.98. The zero-order chi connectivity index (χ0) is 18.5. The van der Waals surface area contributed by atoms with Crippen molar-refractivity contribution >= 4 is 40.5 Å². The second kappa shape index (κ2) is 8.25. The average molecular weight is 392 g/mol. The van der Waals surface area contributed by atoms with Crippen LogP contribution in [0.2, 0.25) is 5.02 Å². The van der Waals surface area contributed by atoms with Crippen LogP contribution in [0.5, 0.6) is 11.5 Å². The molecule has 1 amide bonds. The molecule has 0 aromatic heterocycles. The summed E-state index contributed by atoms with van der Waals surface area (Å²) >= 11 is 11.2. The molecule has 1 aliphatic rings. The van der Waals surface area contributed by atoms with Gasteiger partial charge in [0.1, 0.15) is 0 Å². The molecule has 0 bridgehead atoms. The lowest BCUT2D eigenvalue weighted by molar-refractivity contribution is -0.115. The second-order valence-electron chi connectivity index (χ2n) is 5.68. The summed E-state index contributed by atoms with van der Waals surface area (Å²) in [7, 11) is 0. The number of carbonyl (C=O) groups is 1. The standard InChI is InChI=1S/C18H18ClN3O3S/c1-11-13(19)3-2-4-14(11)22-17(23)9-21-18(26)20-8-12-5-6-15-16(7-12)25-10-24-15/h2-7H,8-10H2,1H3,(H,22,23)(H2,20,21,26). The molecule has 2 aromatic carbocycles. The molecule has 0 fully saturated rings. The lowest BCUT2D eigenvalue weighted by Crippen LogP contribution is -2.39. The summed E-state index contributed by atoms with van der Waals surface area (Å²) in [5.74, 6) is 1.25. The number of halogens is 1. The number of anilines is 1. The van der Waals surface area contributed by atoms with E-state index in [4.69, 9.17) is 33.3 Å². The molecule has 136 valence electrons. The lowest BCUT2D eigenvalue weighted by Gasteiger charge is -2.12. The average Bonchev–Trinajstić information content (AvgIpc) is 3.10. The van der Waals surface area contributed by atoms with E-state index in [0.29, 0.717) is 22.4 Å². The molecule has 1 aliphatic heterocycles. The van der Waals surface area contributed by atoms with E-state index in [1.807, 2.05) is 25.1 Å². The summed E-state index contributed by atoms with van der Waals surface area (Å²) in [6, 6.07) is 11.0. The Labute approximate surface area is 161 Å². The molecule has 0 unspecified atom stereocenters. The van der Waals surface area contributed by atoms with Gasteiger partial charge >= 0.3 is 0 Å². The highest BCUT2D eigenvalue weighted by Crippen LogP contribution is 2.32. The van der Waals surface area contributed by atoms with E-state index in [2.05, 4.69) is 16.0 Å². The fraction of sp³-hybridized carbons (Fsp3) is 0.222. The Morgan fingerprint density at radius 3 is 2.85 bits per heavy atom. The van der Waals surface area contributed by atoms with Gasteiger partial charge in [0.15, 0.2) is 16.6 Å². The Kier molecular flexibility index (Phi) is 5.80. The van der Waals surface area contributed by atoms with Gasteiger partial charge in [-0.2, -0.15) is 0 Å². The molecule has 0 radical (unpaired) electrons. The molecule has 0 atom stereocenters. The van der Waals surface area contributed by atoms with Crippen LogP contribution in [0.25, 0.3) is 0 Å². The van der Waals surface area contributed by atoms with Crippen LogP contribution < -0.4 is 25.4 Å². The van der Waals surface area contributed by atoms with Crippen LogP contribution >= 0.6 is 23.8 Å². The van der Waals surface area contributed by atoms with Gasteiger partial charge in [-0.3, -0.25) is 4.79 Å². The zero-order valence-corrected chi connectivity index (χ0v) is 15.7. The quantitative estimate of drug-likeness (QED) is 0.681. The number of rotatable bonds is 5. The van der Waals surface area contributed by atoms with Crippen molar-refractivity contribution in [1.29, 1.82) is 0 Å². The number of fused-ring (bicyclic) bond motifs is 1.